The lowest BCUT2D eigenvalue weighted by Gasteiger charge is -2.05. The van der Waals surface area contributed by atoms with Crippen molar-refractivity contribution >= 4 is 17.3 Å². The molecule has 0 radical (unpaired) electrons. The number of aliphatic imine (C=N–C) groups is 1. The van der Waals surface area contributed by atoms with Gasteiger partial charge < -0.3 is 11.1 Å². The lowest BCUT2D eigenvalue weighted by Crippen LogP contribution is -2.33. The smallest absolute Gasteiger partial charge is 0.188 e. The Morgan fingerprint density at radius 1 is 1.42 bits per heavy atom. The summed E-state index contributed by atoms with van der Waals surface area (Å²) in [6.45, 7) is 10.3. The number of nitrogens with two attached hydrogens (primary N) is 1. The van der Waals surface area contributed by atoms with Crippen molar-refractivity contribution in [2.45, 2.75) is 46.5 Å². The fraction of sp³-hybridized carbons (Fsp3) is 0.714. The molecule has 0 aliphatic carbocycles. The van der Waals surface area contributed by atoms with Crippen molar-refractivity contribution in [2.75, 3.05) is 13.1 Å². The van der Waals surface area contributed by atoms with Crippen molar-refractivity contribution in [1.29, 1.82) is 0 Å². The minimum atomic E-state index is 0.509. The summed E-state index contributed by atoms with van der Waals surface area (Å²) in [7, 11) is 0. The first-order valence-corrected chi connectivity index (χ1v) is 7.85. The van der Waals surface area contributed by atoms with E-state index in [4.69, 9.17) is 5.73 Å². The highest BCUT2D eigenvalue weighted by atomic mass is 32.1. The Bertz CT molecular complexity index is 396. The molecular weight excluding hydrogens is 256 g/mol. The summed E-state index contributed by atoms with van der Waals surface area (Å²) in [5.74, 6) is 1.72. The summed E-state index contributed by atoms with van der Waals surface area (Å²) in [5.41, 5.74) is 6.93. The van der Waals surface area contributed by atoms with Gasteiger partial charge in [0, 0.05) is 30.8 Å². The molecule has 1 rings (SSSR count). The van der Waals surface area contributed by atoms with Crippen molar-refractivity contribution in [3.05, 3.63) is 16.1 Å². The monoisotopic (exact) mass is 282 g/mol. The first kappa shape index (κ1) is 16.0. The van der Waals surface area contributed by atoms with Crippen molar-refractivity contribution < 1.29 is 0 Å². The van der Waals surface area contributed by atoms with Gasteiger partial charge in [0.25, 0.3) is 0 Å². The SMILES string of the molecule is CC(C)CCN=C(N)NCCc1csc(C(C)C)n1. The van der Waals surface area contributed by atoms with Crippen LogP contribution in [0.5, 0.6) is 0 Å². The number of nitrogens with zero attached hydrogens (tertiary/aromatic N) is 2. The van der Waals surface area contributed by atoms with Gasteiger partial charge in [-0.1, -0.05) is 27.7 Å². The van der Waals surface area contributed by atoms with Crippen molar-refractivity contribution in [1.82, 2.24) is 10.3 Å². The van der Waals surface area contributed by atoms with E-state index in [2.05, 4.69) is 48.4 Å². The molecule has 0 spiro atoms. The predicted molar refractivity (Wildman–Crippen MR) is 83.9 cm³/mol. The van der Waals surface area contributed by atoms with Gasteiger partial charge in [-0.2, -0.15) is 0 Å². The molecule has 0 aromatic carbocycles. The van der Waals surface area contributed by atoms with E-state index in [0.29, 0.717) is 17.8 Å². The molecule has 1 heterocycles. The molecule has 0 fully saturated rings. The van der Waals surface area contributed by atoms with Gasteiger partial charge in [0.2, 0.25) is 0 Å². The zero-order chi connectivity index (χ0) is 14.3. The van der Waals surface area contributed by atoms with Crippen LogP contribution in [0.15, 0.2) is 10.4 Å². The number of rotatable bonds is 7. The molecule has 0 unspecified atom stereocenters. The summed E-state index contributed by atoms with van der Waals surface area (Å²) in [6, 6.07) is 0. The first-order chi connectivity index (χ1) is 8.99. The molecule has 5 heteroatoms. The molecule has 0 amide bonds. The molecule has 0 bridgehead atoms. The topological polar surface area (TPSA) is 63.3 Å². The van der Waals surface area contributed by atoms with E-state index >= 15 is 0 Å². The summed E-state index contributed by atoms with van der Waals surface area (Å²) in [4.78, 5) is 8.88. The normalized spacial score (nSPS) is 12.4. The van der Waals surface area contributed by atoms with E-state index in [1.807, 2.05) is 0 Å². The van der Waals surface area contributed by atoms with Crippen LogP contribution < -0.4 is 11.1 Å². The zero-order valence-electron chi connectivity index (χ0n) is 12.4. The molecule has 108 valence electrons. The second-order valence-electron chi connectivity index (χ2n) is 5.46. The minimum absolute atomic E-state index is 0.509. The molecule has 1 aromatic heterocycles. The second kappa shape index (κ2) is 8.15. The molecule has 1 aromatic rings. The van der Waals surface area contributed by atoms with E-state index in [0.717, 1.165) is 31.6 Å². The van der Waals surface area contributed by atoms with Crippen LogP contribution in [-0.2, 0) is 6.42 Å². The van der Waals surface area contributed by atoms with Gasteiger partial charge in [-0.25, -0.2) is 4.98 Å². The third kappa shape index (κ3) is 6.57. The maximum Gasteiger partial charge on any atom is 0.188 e. The van der Waals surface area contributed by atoms with Gasteiger partial charge in [0.15, 0.2) is 5.96 Å². The van der Waals surface area contributed by atoms with Crippen LogP contribution in [0.3, 0.4) is 0 Å². The number of thiazole rings is 1. The number of hydrogen-bond acceptors (Lipinski definition) is 3. The fourth-order valence-electron chi connectivity index (χ4n) is 1.52. The third-order valence-electron chi connectivity index (χ3n) is 2.74. The van der Waals surface area contributed by atoms with Crippen LogP contribution >= 0.6 is 11.3 Å². The number of guanidine groups is 1. The molecule has 19 heavy (non-hydrogen) atoms. The van der Waals surface area contributed by atoms with E-state index in [-0.39, 0.29) is 0 Å². The van der Waals surface area contributed by atoms with Gasteiger partial charge in [0.05, 0.1) is 10.7 Å². The van der Waals surface area contributed by atoms with Gasteiger partial charge >= 0.3 is 0 Å². The highest BCUT2D eigenvalue weighted by Crippen LogP contribution is 2.19. The molecule has 4 nitrogen and oxygen atoms in total. The highest BCUT2D eigenvalue weighted by Gasteiger charge is 2.05. The van der Waals surface area contributed by atoms with Crippen molar-refractivity contribution in [2.24, 2.45) is 16.6 Å². The molecule has 0 saturated carbocycles. The Morgan fingerprint density at radius 2 is 2.16 bits per heavy atom. The third-order valence-corrected chi connectivity index (χ3v) is 3.93. The first-order valence-electron chi connectivity index (χ1n) is 6.97. The predicted octanol–water partition coefficient (Wildman–Crippen LogP) is 2.76. The zero-order valence-corrected chi connectivity index (χ0v) is 13.3. The molecule has 0 atom stereocenters. The number of hydrogen-bond donors (Lipinski definition) is 2. The van der Waals surface area contributed by atoms with Crippen LogP contribution in [0, 0.1) is 5.92 Å². The van der Waals surface area contributed by atoms with Crippen molar-refractivity contribution in [3.63, 3.8) is 0 Å². The van der Waals surface area contributed by atoms with Gasteiger partial charge in [0.1, 0.15) is 0 Å². The largest absolute Gasteiger partial charge is 0.370 e. The molecule has 0 aliphatic heterocycles. The molecule has 3 N–H and O–H groups in total. The quantitative estimate of drug-likeness (QED) is 0.597. The van der Waals surface area contributed by atoms with Gasteiger partial charge in [-0.3, -0.25) is 4.99 Å². The lowest BCUT2D eigenvalue weighted by atomic mass is 10.1. The Balaban J connectivity index is 2.25. The van der Waals surface area contributed by atoms with E-state index in [1.54, 1.807) is 11.3 Å². The van der Waals surface area contributed by atoms with E-state index < -0.39 is 0 Å². The highest BCUT2D eigenvalue weighted by molar-refractivity contribution is 7.09. The van der Waals surface area contributed by atoms with Crippen molar-refractivity contribution in [3.8, 4) is 0 Å². The minimum Gasteiger partial charge on any atom is -0.370 e. The number of aromatic nitrogens is 1. The van der Waals surface area contributed by atoms with Gasteiger partial charge in [-0.15, -0.1) is 11.3 Å². The summed E-state index contributed by atoms with van der Waals surface area (Å²) in [6.07, 6.45) is 1.97. The Labute approximate surface area is 120 Å². The molecule has 0 saturated heterocycles. The maximum atomic E-state index is 5.80. The lowest BCUT2D eigenvalue weighted by molar-refractivity contribution is 0.595. The average molecular weight is 282 g/mol. The Hall–Kier alpha value is -1.10. The van der Waals surface area contributed by atoms with E-state index in [1.165, 1.54) is 5.01 Å². The standard InChI is InChI=1S/C14H26N4S/c1-10(2)5-7-16-14(15)17-8-6-12-9-19-13(18-12)11(3)4/h9-11H,5-8H2,1-4H3,(H3,15,16,17). The van der Waals surface area contributed by atoms with Crippen LogP contribution in [-0.4, -0.2) is 24.0 Å². The van der Waals surface area contributed by atoms with Crippen LogP contribution in [0.2, 0.25) is 0 Å². The molecular formula is C14H26N4S. The summed E-state index contributed by atoms with van der Waals surface area (Å²) >= 11 is 1.73. The summed E-state index contributed by atoms with van der Waals surface area (Å²) < 4.78 is 0. The molecule has 0 aliphatic rings. The maximum absolute atomic E-state index is 5.80. The van der Waals surface area contributed by atoms with Gasteiger partial charge in [-0.05, 0) is 12.3 Å². The Morgan fingerprint density at radius 3 is 2.74 bits per heavy atom. The fourth-order valence-corrected chi connectivity index (χ4v) is 2.39. The van der Waals surface area contributed by atoms with Crippen LogP contribution in [0.1, 0.15) is 50.7 Å². The average Bonchev–Trinajstić information content (AvgIpc) is 2.77. The second-order valence-corrected chi connectivity index (χ2v) is 6.35. The summed E-state index contributed by atoms with van der Waals surface area (Å²) in [5, 5.41) is 6.47. The number of nitrogens with one attached hydrogen (secondary N) is 1. The van der Waals surface area contributed by atoms with Crippen LogP contribution in [0.25, 0.3) is 0 Å². The Kier molecular flexibility index (Phi) is 6.84. The van der Waals surface area contributed by atoms with Crippen LogP contribution in [0.4, 0.5) is 0 Å². The van der Waals surface area contributed by atoms with E-state index in [9.17, 15) is 0 Å².